The van der Waals surface area contributed by atoms with E-state index >= 15 is 0 Å². The minimum absolute atomic E-state index is 0.0784. The van der Waals surface area contributed by atoms with Crippen LogP contribution in [0.2, 0.25) is 5.02 Å². The molecule has 1 atom stereocenters. The number of nitrogens with zero attached hydrogens (tertiary/aromatic N) is 4. The highest BCUT2D eigenvalue weighted by Gasteiger charge is 2.26. The van der Waals surface area contributed by atoms with Crippen molar-refractivity contribution < 1.29 is 19.1 Å². The van der Waals surface area contributed by atoms with Crippen LogP contribution in [0.25, 0.3) is 22.0 Å². The number of hydrogen-bond donors (Lipinski definition) is 2. The summed E-state index contributed by atoms with van der Waals surface area (Å²) in [6, 6.07) is 15.9. The summed E-state index contributed by atoms with van der Waals surface area (Å²) in [7, 11) is 0. The lowest BCUT2D eigenvalue weighted by molar-refractivity contribution is -0.144. The average Bonchev–Trinajstić information content (AvgIpc) is 2.91. The zero-order valence-corrected chi connectivity index (χ0v) is 21.3. The summed E-state index contributed by atoms with van der Waals surface area (Å²) in [6.45, 7) is 2.49. The molecule has 194 valence electrons. The molecule has 0 aliphatic carbocycles. The molecule has 2 aromatic heterocycles. The van der Waals surface area contributed by atoms with Gasteiger partial charge < -0.3 is 20.2 Å². The smallest absolute Gasteiger partial charge is 0.323 e. The summed E-state index contributed by atoms with van der Waals surface area (Å²) in [5, 5.41) is 13.5. The summed E-state index contributed by atoms with van der Waals surface area (Å²) in [4.78, 5) is 35.4. The van der Waals surface area contributed by atoms with Gasteiger partial charge >= 0.3 is 5.97 Å². The molecule has 1 saturated heterocycles. The quantitative estimate of drug-likeness (QED) is 0.345. The lowest BCUT2D eigenvalue weighted by Gasteiger charge is -2.34. The van der Waals surface area contributed by atoms with E-state index in [1.54, 1.807) is 30.6 Å². The average molecular weight is 534 g/mol. The van der Waals surface area contributed by atoms with Crippen molar-refractivity contribution in [3.05, 3.63) is 83.4 Å². The van der Waals surface area contributed by atoms with E-state index in [1.807, 2.05) is 42.2 Å². The number of pyridine rings is 2. The van der Waals surface area contributed by atoms with E-state index in [2.05, 4.69) is 15.3 Å². The lowest BCUT2D eigenvalue weighted by Crippen LogP contribution is -2.52. The van der Waals surface area contributed by atoms with Crippen LogP contribution < -0.4 is 10.2 Å². The van der Waals surface area contributed by atoms with Crippen molar-refractivity contribution in [1.29, 1.82) is 0 Å². The highest BCUT2D eigenvalue weighted by molar-refractivity contribution is 6.34. The zero-order valence-electron chi connectivity index (χ0n) is 20.6. The predicted octanol–water partition coefficient (Wildman–Crippen LogP) is 5.00. The Hall–Kier alpha value is -4.24. The number of rotatable bonds is 7. The summed E-state index contributed by atoms with van der Waals surface area (Å²) in [6.07, 6.45) is 3.31. The van der Waals surface area contributed by atoms with Crippen LogP contribution in [0.4, 0.5) is 15.9 Å². The normalized spacial score (nSPS) is 14.6. The third-order valence-electron chi connectivity index (χ3n) is 6.60. The van der Waals surface area contributed by atoms with Gasteiger partial charge in [0.2, 0.25) is 5.91 Å². The van der Waals surface area contributed by atoms with Crippen LogP contribution >= 0.6 is 11.6 Å². The number of carboxylic acids is 1. The van der Waals surface area contributed by atoms with Crippen molar-refractivity contribution in [3.8, 4) is 11.1 Å². The molecule has 8 nitrogen and oxygen atoms in total. The number of aromatic nitrogens is 2. The van der Waals surface area contributed by atoms with Gasteiger partial charge in [0, 0.05) is 42.0 Å². The molecule has 1 fully saturated rings. The Labute approximate surface area is 223 Å². The number of amides is 1. The van der Waals surface area contributed by atoms with E-state index in [-0.39, 0.29) is 30.9 Å². The number of fused-ring (bicyclic) bond motifs is 1. The van der Waals surface area contributed by atoms with Gasteiger partial charge in [-0.25, -0.2) is 9.37 Å². The number of carbonyl (C=O) groups is 2. The third kappa shape index (κ3) is 5.24. The fourth-order valence-electron chi connectivity index (χ4n) is 4.59. The van der Waals surface area contributed by atoms with Gasteiger partial charge in [0.05, 0.1) is 28.8 Å². The molecule has 10 heteroatoms. The topological polar surface area (TPSA) is 98.7 Å². The SMILES string of the molecule is CC(Nc1c(Cl)cnc2ccc(-c3ccc(N4CCN(CC(=O)O)C(=O)C4)nc3)cc12)c1ccccc1F. The predicted molar refractivity (Wildman–Crippen MR) is 145 cm³/mol. The van der Waals surface area contributed by atoms with Crippen LogP contribution in [-0.2, 0) is 9.59 Å². The molecule has 1 aliphatic heterocycles. The maximum atomic E-state index is 14.4. The minimum atomic E-state index is -1.03. The van der Waals surface area contributed by atoms with Crippen molar-refractivity contribution in [2.45, 2.75) is 13.0 Å². The second kappa shape index (κ2) is 10.6. The van der Waals surface area contributed by atoms with E-state index < -0.39 is 5.97 Å². The minimum Gasteiger partial charge on any atom is -0.480 e. The number of nitrogens with one attached hydrogen (secondary N) is 1. The highest BCUT2D eigenvalue weighted by atomic mass is 35.5. The maximum Gasteiger partial charge on any atom is 0.323 e. The first-order valence-corrected chi connectivity index (χ1v) is 12.5. The van der Waals surface area contributed by atoms with Crippen molar-refractivity contribution in [1.82, 2.24) is 14.9 Å². The largest absolute Gasteiger partial charge is 0.480 e. The molecular weight excluding hydrogens is 509 g/mol. The second-order valence-electron chi connectivity index (χ2n) is 9.14. The number of hydrogen-bond acceptors (Lipinski definition) is 6. The Morgan fingerprint density at radius 1 is 1.11 bits per heavy atom. The summed E-state index contributed by atoms with van der Waals surface area (Å²) < 4.78 is 14.4. The van der Waals surface area contributed by atoms with Gasteiger partial charge in [0.25, 0.3) is 0 Å². The number of piperazine rings is 1. The van der Waals surface area contributed by atoms with Crippen molar-refractivity contribution >= 4 is 45.9 Å². The van der Waals surface area contributed by atoms with Crippen LogP contribution in [-0.4, -0.2) is 58.0 Å². The molecule has 1 aliphatic rings. The highest BCUT2D eigenvalue weighted by Crippen LogP contribution is 2.35. The number of aliphatic carboxylic acids is 1. The standard InChI is InChI=1S/C28H25ClFN5O3/c1-17(20-4-2-3-5-23(20)30)33-28-21-12-18(6-8-24(21)31-14-22(28)29)19-7-9-25(32-13-19)34-10-11-35(16-27(37)38)26(36)15-34/h2-9,12-14,17H,10-11,15-16H2,1H3,(H,31,33)(H,37,38). The van der Waals surface area contributed by atoms with Crippen molar-refractivity contribution in [2.75, 3.05) is 36.4 Å². The van der Waals surface area contributed by atoms with E-state index in [4.69, 9.17) is 16.7 Å². The summed E-state index contributed by atoms with van der Waals surface area (Å²) in [5.74, 6) is -0.920. The number of halogens is 2. The van der Waals surface area contributed by atoms with Crippen LogP contribution in [0.1, 0.15) is 18.5 Å². The first-order chi connectivity index (χ1) is 18.3. The molecule has 1 amide bonds. The van der Waals surface area contributed by atoms with Gasteiger partial charge in [-0.15, -0.1) is 0 Å². The molecule has 1 unspecified atom stereocenters. The number of benzene rings is 2. The van der Waals surface area contributed by atoms with E-state index in [0.717, 1.165) is 22.0 Å². The lowest BCUT2D eigenvalue weighted by atomic mass is 10.0. The van der Waals surface area contributed by atoms with Crippen LogP contribution in [0.3, 0.4) is 0 Å². The first-order valence-electron chi connectivity index (χ1n) is 12.1. The van der Waals surface area contributed by atoms with Crippen LogP contribution in [0.5, 0.6) is 0 Å². The Morgan fingerprint density at radius 2 is 1.89 bits per heavy atom. The monoisotopic (exact) mass is 533 g/mol. The van der Waals surface area contributed by atoms with Gasteiger partial charge in [0.1, 0.15) is 18.2 Å². The molecule has 38 heavy (non-hydrogen) atoms. The van der Waals surface area contributed by atoms with E-state index in [0.29, 0.717) is 35.2 Å². The van der Waals surface area contributed by atoms with Crippen LogP contribution in [0.15, 0.2) is 67.0 Å². The Kier molecular flexibility index (Phi) is 7.11. The molecular formula is C28H25ClFN5O3. The molecule has 2 N–H and O–H groups in total. The first kappa shape index (κ1) is 25.4. The van der Waals surface area contributed by atoms with Crippen molar-refractivity contribution in [2.24, 2.45) is 0 Å². The van der Waals surface area contributed by atoms with E-state index in [9.17, 15) is 14.0 Å². The number of anilines is 2. The fraction of sp³-hybridized carbons (Fsp3) is 0.214. The molecule has 0 saturated carbocycles. The summed E-state index contributed by atoms with van der Waals surface area (Å²) >= 11 is 6.53. The molecule has 3 heterocycles. The Balaban J connectivity index is 1.39. The Bertz CT molecular complexity index is 1510. The molecule has 0 spiro atoms. The number of carboxylic acid groups (broad SMARTS) is 1. The fourth-order valence-corrected chi connectivity index (χ4v) is 4.80. The van der Waals surface area contributed by atoms with Gasteiger partial charge in [-0.1, -0.05) is 35.9 Å². The number of carbonyl (C=O) groups excluding carboxylic acids is 1. The molecule has 0 radical (unpaired) electrons. The van der Waals surface area contributed by atoms with Gasteiger partial charge in [0.15, 0.2) is 0 Å². The van der Waals surface area contributed by atoms with Gasteiger partial charge in [-0.3, -0.25) is 14.6 Å². The summed E-state index contributed by atoms with van der Waals surface area (Å²) in [5.41, 5.74) is 3.69. The molecule has 4 aromatic rings. The van der Waals surface area contributed by atoms with Crippen molar-refractivity contribution in [3.63, 3.8) is 0 Å². The van der Waals surface area contributed by atoms with Crippen LogP contribution in [0, 0.1) is 5.82 Å². The van der Waals surface area contributed by atoms with E-state index in [1.165, 1.54) is 11.0 Å². The van der Waals surface area contributed by atoms with Gasteiger partial charge in [-0.2, -0.15) is 0 Å². The zero-order chi connectivity index (χ0) is 26.8. The molecule has 5 rings (SSSR count). The third-order valence-corrected chi connectivity index (χ3v) is 6.89. The second-order valence-corrected chi connectivity index (χ2v) is 9.54. The Morgan fingerprint density at radius 3 is 2.61 bits per heavy atom. The molecule has 2 aromatic carbocycles. The van der Waals surface area contributed by atoms with Gasteiger partial charge in [-0.05, 0) is 42.8 Å². The molecule has 0 bridgehead atoms. The maximum absolute atomic E-state index is 14.4.